The van der Waals surface area contributed by atoms with Gasteiger partial charge in [-0.15, -0.1) is 0 Å². The maximum Gasteiger partial charge on any atom is 0.323 e. The Morgan fingerprint density at radius 2 is 2.38 bits per heavy atom. The van der Waals surface area contributed by atoms with Crippen molar-refractivity contribution in [2.45, 2.75) is 13.3 Å². The van der Waals surface area contributed by atoms with Gasteiger partial charge in [0.05, 0.1) is 13.2 Å². The predicted molar refractivity (Wildman–Crippen MR) is 75.5 cm³/mol. The lowest BCUT2D eigenvalue weighted by Gasteiger charge is -2.11. The second kappa shape index (κ2) is 6.49. The Balaban J connectivity index is 1.77. The Hall–Kier alpha value is -2.22. The van der Waals surface area contributed by atoms with E-state index in [4.69, 9.17) is 9.47 Å². The summed E-state index contributed by atoms with van der Waals surface area (Å²) in [6.07, 6.45) is 4.46. The van der Waals surface area contributed by atoms with Gasteiger partial charge in [0, 0.05) is 31.5 Å². The molecule has 1 fully saturated rings. The Bertz CT molecular complexity index is 568. The summed E-state index contributed by atoms with van der Waals surface area (Å²) in [6, 6.07) is 2.12. The van der Waals surface area contributed by atoms with Crippen molar-refractivity contribution in [1.29, 1.82) is 0 Å². The minimum atomic E-state index is 0.304. The fourth-order valence-electron chi connectivity index (χ4n) is 2.04. The number of nitrogens with one attached hydrogen (secondary N) is 1. The van der Waals surface area contributed by atoms with Crippen molar-refractivity contribution >= 4 is 5.95 Å². The van der Waals surface area contributed by atoms with Gasteiger partial charge in [0.15, 0.2) is 0 Å². The van der Waals surface area contributed by atoms with E-state index in [1.807, 2.05) is 13.0 Å². The van der Waals surface area contributed by atoms with Crippen LogP contribution in [0.2, 0.25) is 0 Å². The SMILES string of the molecule is CCNc1nc(OCC2CCOC2)nc(-n2cccn2)n1. The van der Waals surface area contributed by atoms with Crippen molar-refractivity contribution in [3.63, 3.8) is 0 Å². The third-order valence-corrected chi connectivity index (χ3v) is 3.12. The van der Waals surface area contributed by atoms with Gasteiger partial charge < -0.3 is 14.8 Å². The van der Waals surface area contributed by atoms with Gasteiger partial charge >= 0.3 is 6.01 Å². The molecule has 8 nitrogen and oxygen atoms in total. The molecule has 8 heteroatoms. The molecule has 1 saturated heterocycles. The molecule has 0 saturated carbocycles. The quantitative estimate of drug-likeness (QED) is 0.845. The van der Waals surface area contributed by atoms with Crippen molar-refractivity contribution in [2.75, 3.05) is 31.7 Å². The highest BCUT2D eigenvalue weighted by atomic mass is 16.5. The average Bonchev–Trinajstić information content (AvgIpc) is 3.19. The lowest BCUT2D eigenvalue weighted by molar-refractivity contribution is 0.163. The molecule has 21 heavy (non-hydrogen) atoms. The standard InChI is InChI=1S/C13H18N6O2/c1-2-14-11-16-12(19-6-3-5-15-19)18-13(17-11)21-9-10-4-7-20-8-10/h3,5-6,10H,2,4,7-9H2,1H3,(H,14,16,17,18). The van der Waals surface area contributed by atoms with E-state index >= 15 is 0 Å². The van der Waals surface area contributed by atoms with Crippen molar-refractivity contribution in [2.24, 2.45) is 5.92 Å². The fraction of sp³-hybridized carbons (Fsp3) is 0.538. The van der Waals surface area contributed by atoms with Gasteiger partial charge in [0.2, 0.25) is 5.95 Å². The lowest BCUT2D eigenvalue weighted by atomic mass is 10.1. The highest BCUT2D eigenvalue weighted by Crippen LogP contribution is 2.15. The summed E-state index contributed by atoms with van der Waals surface area (Å²) < 4.78 is 12.6. The first-order valence-electron chi connectivity index (χ1n) is 7.05. The predicted octanol–water partition coefficient (Wildman–Crippen LogP) is 0.904. The molecule has 1 aliphatic heterocycles. The van der Waals surface area contributed by atoms with Crippen molar-refractivity contribution in [3.8, 4) is 12.0 Å². The van der Waals surface area contributed by atoms with E-state index in [0.29, 0.717) is 30.4 Å². The monoisotopic (exact) mass is 290 g/mol. The van der Waals surface area contributed by atoms with Crippen LogP contribution in [-0.4, -0.2) is 51.1 Å². The Morgan fingerprint density at radius 3 is 3.10 bits per heavy atom. The van der Waals surface area contributed by atoms with Gasteiger partial charge in [-0.3, -0.25) is 0 Å². The zero-order valence-corrected chi connectivity index (χ0v) is 11.9. The fourth-order valence-corrected chi connectivity index (χ4v) is 2.04. The van der Waals surface area contributed by atoms with Crippen molar-refractivity contribution in [3.05, 3.63) is 18.5 Å². The first-order valence-corrected chi connectivity index (χ1v) is 7.05. The molecule has 0 amide bonds. The lowest BCUT2D eigenvalue weighted by Crippen LogP contribution is -2.15. The van der Waals surface area contributed by atoms with E-state index in [1.165, 1.54) is 0 Å². The molecule has 1 aliphatic rings. The van der Waals surface area contributed by atoms with Crippen LogP contribution in [0.3, 0.4) is 0 Å². The molecule has 3 heterocycles. The number of aromatic nitrogens is 5. The van der Waals surface area contributed by atoms with E-state index < -0.39 is 0 Å². The molecule has 0 aromatic carbocycles. The number of hydrogen-bond acceptors (Lipinski definition) is 7. The molecule has 2 aromatic heterocycles. The molecule has 1 atom stereocenters. The number of rotatable bonds is 6. The van der Waals surface area contributed by atoms with Gasteiger partial charge in [-0.25, -0.2) is 4.68 Å². The molecule has 2 aromatic rings. The van der Waals surface area contributed by atoms with Gasteiger partial charge in [0.1, 0.15) is 0 Å². The molecular weight excluding hydrogens is 272 g/mol. The second-order valence-electron chi connectivity index (χ2n) is 4.76. The second-order valence-corrected chi connectivity index (χ2v) is 4.76. The van der Waals surface area contributed by atoms with Gasteiger partial charge in [-0.05, 0) is 19.4 Å². The third-order valence-electron chi connectivity index (χ3n) is 3.12. The van der Waals surface area contributed by atoms with Crippen molar-refractivity contribution < 1.29 is 9.47 Å². The largest absolute Gasteiger partial charge is 0.463 e. The molecule has 0 bridgehead atoms. The van der Waals surface area contributed by atoms with Crippen LogP contribution < -0.4 is 10.1 Å². The number of ether oxygens (including phenoxy) is 2. The van der Waals surface area contributed by atoms with Crippen LogP contribution >= 0.6 is 0 Å². The minimum absolute atomic E-state index is 0.304. The zero-order chi connectivity index (χ0) is 14.5. The average molecular weight is 290 g/mol. The van der Waals surface area contributed by atoms with E-state index in [9.17, 15) is 0 Å². The van der Waals surface area contributed by atoms with Gasteiger partial charge in [-0.1, -0.05) is 0 Å². The number of anilines is 1. The van der Waals surface area contributed by atoms with Gasteiger partial charge in [-0.2, -0.15) is 20.1 Å². The molecular formula is C13H18N6O2. The Kier molecular flexibility index (Phi) is 4.25. The summed E-state index contributed by atoms with van der Waals surface area (Å²) in [5.74, 6) is 1.32. The van der Waals surface area contributed by atoms with Crippen LogP contribution in [0.25, 0.3) is 5.95 Å². The van der Waals surface area contributed by atoms with Crippen LogP contribution in [0.4, 0.5) is 5.95 Å². The minimum Gasteiger partial charge on any atom is -0.463 e. The summed E-state index contributed by atoms with van der Waals surface area (Å²) in [7, 11) is 0. The van der Waals surface area contributed by atoms with Crippen LogP contribution in [0, 0.1) is 5.92 Å². The molecule has 3 rings (SSSR count). The van der Waals surface area contributed by atoms with Crippen LogP contribution in [-0.2, 0) is 4.74 Å². The van der Waals surface area contributed by atoms with Gasteiger partial charge in [0.25, 0.3) is 5.95 Å². The van der Waals surface area contributed by atoms with E-state index in [-0.39, 0.29) is 0 Å². The smallest absolute Gasteiger partial charge is 0.323 e. The Morgan fingerprint density at radius 1 is 1.43 bits per heavy atom. The highest BCUT2D eigenvalue weighted by molar-refractivity contribution is 5.29. The molecule has 0 radical (unpaired) electrons. The number of nitrogens with zero attached hydrogens (tertiary/aromatic N) is 5. The van der Waals surface area contributed by atoms with E-state index in [1.54, 1.807) is 17.1 Å². The van der Waals surface area contributed by atoms with Crippen LogP contribution in [0.1, 0.15) is 13.3 Å². The summed E-state index contributed by atoms with van der Waals surface area (Å²) in [5, 5.41) is 7.20. The third kappa shape index (κ3) is 3.46. The Labute approximate surface area is 122 Å². The molecule has 112 valence electrons. The summed E-state index contributed by atoms with van der Waals surface area (Å²) in [5.41, 5.74) is 0. The zero-order valence-electron chi connectivity index (χ0n) is 11.9. The molecule has 0 aliphatic carbocycles. The molecule has 1 unspecified atom stereocenters. The van der Waals surface area contributed by atoms with E-state index in [0.717, 1.165) is 26.2 Å². The topological polar surface area (TPSA) is 87.0 Å². The maximum atomic E-state index is 5.69. The van der Waals surface area contributed by atoms with E-state index in [2.05, 4.69) is 25.4 Å². The normalized spacial score (nSPS) is 17.9. The molecule has 0 spiro atoms. The maximum absolute atomic E-state index is 5.69. The summed E-state index contributed by atoms with van der Waals surface area (Å²) >= 11 is 0. The summed E-state index contributed by atoms with van der Waals surface area (Å²) in [4.78, 5) is 12.9. The van der Waals surface area contributed by atoms with Crippen molar-refractivity contribution in [1.82, 2.24) is 24.7 Å². The highest BCUT2D eigenvalue weighted by Gasteiger charge is 2.17. The van der Waals surface area contributed by atoms with Crippen LogP contribution in [0.15, 0.2) is 18.5 Å². The van der Waals surface area contributed by atoms with Crippen LogP contribution in [0.5, 0.6) is 6.01 Å². The summed E-state index contributed by atoms with van der Waals surface area (Å²) in [6.45, 7) is 4.78. The number of hydrogen-bond donors (Lipinski definition) is 1. The first kappa shape index (κ1) is 13.7. The first-order chi connectivity index (χ1) is 10.3. The molecule has 1 N–H and O–H groups in total.